The molecule has 3 nitrogen and oxygen atoms in total. The van der Waals surface area contributed by atoms with Crippen molar-refractivity contribution in [1.82, 2.24) is 9.88 Å². The number of fused-ring (bicyclic) bond motifs is 2. The number of aryl methyl sites for hydroxylation is 1. The maximum atomic E-state index is 6.11. The standard InChI is InChI=1S/C25H30N2OS/c1-3-28-20-8-4-6-17(15-20)21-9-10-22-24(25(21)29)23(16(2)26-22)18-11-13-27-12-5-7-19(27)14-18/h4,6,8-10,15,18-19,21,26H,3,5,7,11-14H2,1-2H3. The molecule has 3 heterocycles. The Labute approximate surface area is 179 Å². The maximum Gasteiger partial charge on any atom is 0.119 e. The minimum Gasteiger partial charge on any atom is -0.494 e. The van der Waals surface area contributed by atoms with Crippen molar-refractivity contribution >= 4 is 23.2 Å². The highest BCUT2D eigenvalue weighted by molar-refractivity contribution is 7.81. The fraction of sp³-hybridized carbons (Fsp3) is 0.480. The molecule has 4 heteroatoms. The topological polar surface area (TPSA) is 28.3 Å². The predicted molar refractivity (Wildman–Crippen MR) is 123 cm³/mol. The zero-order chi connectivity index (χ0) is 20.0. The number of H-pyrrole nitrogens is 1. The van der Waals surface area contributed by atoms with Crippen molar-refractivity contribution in [3.8, 4) is 5.75 Å². The molecule has 1 aromatic carbocycles. The number of nitrogens with one attached hydrogen (secondary N) is 1. The molecule has 2 fully saturated rings. The molecular weight excluding hydrogens is 376 g/mol. The molecule has 152 valence electrons. The normalized spacial score (nSPS) is 26.4. The molecule has 0 amide bonds. The van der Waals surface area contributed by atoms with Gasteiger partial charge in [-0.15, -0.1) is 0 Å². The van der Waals surface area contributed by atoms with Crippen LogP contribution < -0.4 is 4.74 Å². The molecule has 0 bridgehead atoms. The Morgan fingerprint density at radius 3 is 3.00 bits per heavy atom. The second-order valence-electron chi connectivity index (χ2n) is 8.71. The van der Waals surface area contributed by atoms with E-state index < -0.39 is 0 Å². The van der Waals surface area contributed by atoms with Crippen LogP contribution in [0.25, 0.3) is 6.08 Å². The molecule has 0 radical (unpaired) electrons. The quantitative estimate of drug-likeness (QED) is 0.671. The van der Waals surface area contributed by atoms with Crippen LogP contribution in [0.5, 0.6) is 5.75 Å². The second kappa shape index (κ2) is 7.73. The van der Waals surface area contributed by atoms with Crippen LogP contribution in [0, 0.1) is 6.92 Å². The van der Waals surface area contributed by atoms with E-state index in [2.05, 4.69) is 47.2 Å². The lowest BCUT2D eigenvalue weighted by Crippen LogP contribution is -2.37. The van der Waals surface area contributed by atoms with Gasteiger partial charge >= 0.3 is 0 Å². The number of aromatic amines is 1. The minimum absolute atomic E-state index is 0.137. The third-order valence-corrected chi connectivity index (χ3v) is 7.46. The van der Waals surface area contributed by atoms with Gasteiger partial charge in [0.05, 0.1) is 6.61 Å². The summed E-state index contributed by atoms with van der Waals surface area (Å²) in [7, 11) is 0. The number of piperidine rings is 1. The van der Waals surface area contributed by atoms with Gasteiger partial charge in [-0.2, -0.15) is 0 Å². The average molecular weight is 407 g/mol. The molecule has 2 saturated heterocycles. The lowest BCUT2D eigenvalue weighted by atomic mass is 9.79. The zero-order valence-electron chi connectivity index (χ0n) is 17.4. The van der Waals surface area contributed by atoms with Gasteiger partial charge in [0.2, 0.25) is 0 Å². The Morgan fingerprint density at radius 2 is 2.14 bits per heavy atom. The SMILES string of the molecule is CCOc1cccc(C2C=Cc3[nH]c(C)c(C4CCN5CCCC5C4)c3C2=S)c1. The highest BCUT2D eigenvalue weighted by Crippen LogP contribution is 2.43. The Balaban J connectivity index is 1.48. The number of aromatic nitrogens is 1. The number of allylic oxidation sites excluding steroid dienone is 1. The maximum absolute atomic E-state index is 6.11. The molecule has 5 rings (SSSR count). The van der Waals surface area contributed by atoms with Crippen molar-refractivity contribution in [2.75, 3.05) is 19.7 Å². The van der Waals surface area contributed by atoms with Crippen LogP contribution in [0.1, 0.15) is 72.5 Å². The van der Waals surface area contributed by atoms with Crippen LogP contribution in [0.15, 0.2) is 30.3 Å². The highest BCUT2D eigenvalue weighted by atomic mass is 32.1. The number of rotatable bonds is 4. The van der Waals surface area contributed by atoms with Gasteiger partial charge in [-0.3, -0.25) is 0 Å². The van der Waals surface area contributed by atoms with E-state index in [1.807, 2.05) is 13.0 Å². The van der Waals surface area contributed by atoms with Crippen LogP contribution in [0.3, 0.4) is 0 Å². The van der Waals surface area contributed by atoms with Crippen molar-refractivity contribution in [3.63, 3.8) is 0 Å². The lowest BCUT2D eigenvalue weighted by molar-refractivity contribution is 0.180. The van der Waals surface area contributed by atoms with Crippen LogP contribution in [0.4, 0.5) is 0 Å². The number of hydrogen-bond acceptors (Lipinski definition) is 3. The summed E-state index contributed by atoms with van der Waals surface area (Å²) in [6.07, 6.45) is 9.74. The molecule has 3 unspecified atom stereocenters. The summed E-state index contributed by atoms with van der Waals surface area (Å²) in [5, 5.41) is 0. The van der Waals surface area contributed by atoms with Gasteiger partial charge in [0.15, 0.2) is 0 Å². The molecule has 29 heavy (non-hydrogen) atoms. The van der Waals surface area contributed by atoms with Gasteiger partial charge in [-0.25, -0.2) is 0 Å². The highest BCUT2D eigenvalue weighted by Gasteiger charge is 2.36. The van der Waals surface area contributed by atoms with E-state index in [9.17, 15) is 0 Å². The van der Waals surface area contributed by atoms with E-state index in [0.717, 1.165) is 16.7 Å². The van der Waals surface area contributed by atoms with Gasteiger partial charge in [-0.05, 0) is 87.9 Å². The van der Waals surface area contributed by atoms with E-state index >= 15 is 0 Å². The van der Waals surface area contributed by atoms with E-state index in [1.54, 1.807) is 0 Å². The fourth-order valence-corrected chi connectivity index (χ4v) is 6.15. The molecular formula is C25H30N2OS. The molecule has 3 aliphatic rings. The summed E-state index contributed by atoms with van der Waals surface area (Å²) in [6.45, 7) is 7.46. The predicted octanol–water partition coefficient (Wildman–Crippen LogP) is 5.59. The van der Waals surface area contributed by atoms with E-state index in [1.165, 1.54) is 66.9 Å². The Kier molecular flexibility index (Phi) is 5.09. The van der Waals surface area contributed by atoms with Crippen LogP contribution in [0.2, 0.25) is 0 Å². The Bertz CT molecular complexity index is 960. The number of thiocarbonyl (C=S) groups is 1. The van der Waals surface area contributed by atoms with Crippen molar-refractivity contribution in [3.05, 3.63) is 58.4 Å². The summed E-state index contributed by atoms with van der Waals surface area (Å²) >= 11 is 6.11. The van der Waals surface area contributed by atoms with Gasteiger partial charge < -0.3 is 14.6 Å². The minimum atomic E-state index is 0.137. The molecule has 2 aliphatic heterocycles. The largest absolute Gasteiger partial charge is 0.494 e. The molecule has 1 aliphatic carbocycles. The first-order valence-corrected chi connectivity index (χ1v) is 11.5. The van der Waals surface area contributed by atoms with Crippen molar-refractivity contribution in [1.29, 1.82) is 0 Å². The van der Waals surface area contributed by atoms with Crippen LogP contribution in [-0.2, 0) is 0 Å². The smallest absolute Gasteiger partial charge is 0.119 e. The lowest BCUT2D eigenvalue weighted by Gasteiger charge is -2.36. The summed E-state index contributed by atoms with van der Waals surface area (Å²) in [5.74, 6) is 1.68. The van der Waals surface area contributed by atoms with Gasteiger partial charge in [-0.1, -0.05) is 30.4 Å². The second-order valence-corrected chi connectivity index (χ2v) is 9.15. The van der Waals surface area contributed by atoms with Crippen LogP contribution in [-0.4, -0.2) is 40.5 Å². The average Bonchev–Trinajstić information content (AvgIpc) is 3.32. The molecule has 1 N–H and O–H groups in total. The van der Waals surface area contributed by atoms with E-state index in [-0.39, 0.29) is 5.92 Å². The molecule has 1 aromatic heterocycles. The van der Waals surface area contributed by atoms with E-state index in [0.29, 0.717) is 12.5 Å². The van der Waals surface area contributed by atoms with E-state index in [4.69, 9.17) is 17.0 Å². The fourth-order valence-electron chi connectivity index (χ4n) is 5.71. The van der Waals surface area contributed by atoms with Gasteiger partial charge in [0.25, 0.3) is 0 Å². The number of hydrogen-bond donors (Lipinski definition) is 1. The molecule has 0 spiro atoms. The number of nitrogens with zero attached hydrogens (tertiary/aromatic N) is 1. The van der Waals surface area contributed by atoms with Crippen molar-refractivity contribution < 1.29 is 4.74 Å². The van der Waals surface area contributed by atoms with Crippen molar-refractivity contribution in [2.45, 2.75) is 57.4 Å². The Hall–Kier alpha value is -1.91. The summed E-state index contributed by atoms with van der Waals surface area (Å²) in [5.41, 5.74) is 6.53. The van der Waals surface area contributed by atoms with Gasteiger partial charge in [0.1, 0.15) is 5.75 Å². The first-order valence-electron chi connectivity index (χ1n) is 11.1. The van der Waals surface area contributed by atoms with Crippen LogP contribution >= 0.6 is 12.2 Å². The van der Waals surface area contributed by atoms with Crippen molar-refractivity contribution in [2.24, 2.45) is 0 Å². The summed E-state index contributed by atoms with van der Waals surface area (Å²) in [4.78, 5) is 7.40. The summed E-state index contributed by atoms with van der Waals surface area (Å²) < 4.78 is 5.73. The molecule has 3 atom stereocenters. The number of benzene rings is 1. The summed E-state index contributed by atoms with van der Waals surface area (Å²) in [6, 6.07) is 9.18. The number of ether oxygens (including phenoxy) is 1. The third-order valence-electron chi connectivity index (χ3n) is 7.01. The third kappa shape index (κ3) is 3.36. The Morgan fingerprint density at radius 1 is 1.24 bits per heavy atom. The first-order chi connectivity index (χ1) is 14.2. The molecule has 0 saturated carbocycles. The zero-order valence-corrected chi connectivity index (χ0v) is 18.2. The van der Waals surface area contributed by atoms with Gasteiger partial charge in [0, 0.05) is 33.8 Å². The monoisotopic (exact) mass is 406 g/mol. The first kappa shape index (κ1) is 19.1. The molecule has 2 aromatic rings.